The van der Waals surface area contributed by atoms with E-state index >= 15 is 0 Å². The molecule has 0 amide bonds. The number of hydrogen-bond acceptors (Lipinski definition) is 0. The summed E-state index contributed by atoms with van der Waals surface area (Å²) in [5, 5.41) is 0. The fourth-order valence-electron chi connectivity index (χ4n) is 2.62. The molecule has 1 aromatic carbocycles. The van der Waals surface area contributed by atoms with Crippen LogP contribution in [-0.2, 0) is 0 Å². The molecule has 0 aromatic heterocycles. The normalized spacial score (nSPS) is 14.5. The second-order valence-electron chi connectivity index (χ2n) is 7.99. The molecule has 1 rings (SSSR count). The standard InChI is InChI=1S/C17H32Si3/c1-9-16(17-13-11-10-12-14-17)15-19(5,6)20(7,8)18(2,3)4/h10-15H,9H2,1-8H3/b16-15+. The molecule has 0 spiro atoms. The van der Waals surface area contributed by atoms with Crippen molar-refractivity contribution < 1.29 is 0 Å². The van der Waals surface area contributed by atoms with Crippen LogP contribution in [0.15, 0.2) is 36.0 Å². The lowest BCUT2D eigenvalue weighted by Gasteiger charge is -2.45. The van der Waals surface area contributed by atoms with Gasteiger partial charge in [-0.3, -0.25) is 0 Å². The van der Waals surface area contributed by atoms with Gasteiger partial charge in [-0.1, -0.05) is 88.8 Å². The summed E-state index contributed by atoms with van der Waals surface area (Å²) in [6.07, 6.45) is 1.15. The predicted octanol–water partition coefficient (Wildman–Crippen LogP) is 5.93. The minimum Gasteiger partial charge on any atom is -0.0936 e. The Morgan fingerprint density at radius 3 is 1.80 bits per heavy atom. The van der Waals surface area contributed by atoms with Crippen molar-refractivity contribution in [2.75, 3.05) is 0 Å². The molecule has 0 saturated heterocycles. The zero-order valence-electron chi connectivity index (χ0n) is 14.7. The second kappa shape index (κ2) is 6.16. The number of benzene rings is 1. The van der Waals surface area contributed by atoms with Crippen LogP contribution in [0.5, 0.6) is 0 Å². The van der Waals surface area contributed by atoms with Gasteiger partial charge in [0.25, 0.3) is 0 Å². The van der Waals surface area contributed by atoms with E-state index in [1.54, 1.807) is 5.57 Å². The first-order chi connectivity index (χ1) is 9.03. The molecule has 20 heavy (non-hydrogen) atoms. The topological polar surface area (TPSA) is 0 Å². The van der Waals surface area contributed by atoms with Gasteiger partial charge in [0.1, 0.15) is 0 Å². The summed E-state index contributed by atoms with van der Waals surface area (Å²) in [5.74, 6) is 0. The number of hydrogen-bond donors (Lipinski definition) is 0. The van der Waals surface area contributed by atoms with Crippen molar-refractivity contribution in [3.63, 3.8) is 0 Å². The van der Waals surface area contributed by atoms with Gasteiger partial charge in [-0.25, -0.2) is 0 Å². The SMILES string of the molecule is CC/C(=C\[Si](C)(C)[Si](C)(C)[Si](C)(C)C)c1ccccc1. The smallest absolute Gasteiger partial charge is 0.0626 e. The monoisotopic (exact) mass is 320 g/mol. The van der Waals surface area contributed by atoms with E-state index in [-0.39, 0.29) is 0 Å². The van der Waals surface area contributed by atoms with E-state index in [0.717, 1.165) is 6.42 Å². The summed E-state index contributed by atoms with van der Waals surface area (Å²) in [7, 11) is -3.48. The van der Waals surface area contributed by atoms with Crippen LogP contribution >= 0.6 is 0 Å². The summed E-state index contributed by atoms with van der Waals surface area (Å²) >= 11 is 0. The molecule has 0 atom stereocenters. The Balaban J connectivity index is 3.24. The van der Waals surface area contributed by atoms with Gasteiger partial charge in [-0.15, -0.1) is 0 Å². The van der Waals surface area contributed by atoms with Crippen molar-refractivity contribution in [3.8, 4) is 0 Å². The minimum absolute atomic E-state index is 1.04. The molecule has 0 unspecified atom stereocenters. The van der Waals surface area contributed by atoms with E-state index in [1.165, 1.54) is 5.56 Å². The van der Waals surface area contributed by atoms with Crippen LogP contribution in [0.2, 0.25) is 45.8 Å². The molecule has 0 aliphatic heterocycles. The molecular weight excluding hydrogens is 288 g/mol. The maximum absolute atomic E-state index is 2.73. The van der Waals surface area contributed by atoms with Crippen LogP contribution < -0.4 is 0 Å². The largest absolute Gasteiger partial charge is 0.0936 e. The highest BCUT2D eigenvalue weighted by Crippen LogP contribution is 2.32. The third-order valence-electron chi connectivity index (χ3n) is 5.55. The summed E-state index contributed by atoms with van der Waals surface area (Å²) in [4.78, 5) is 0. The van der Waals surface area contributed by atoms with E-state index in [0.29, 0.717) is 0 Å². The van der Waals surface area contributed by atoms with E-state index in [4.69, 9.17) is 0 Å². The lowest BCUT2D eigenvalue weighted by atomic mass is 10.1. The fourth-order valence-corrected chi connectivity index (χ4v) is 31.6. The lowest BCUT2D eigenvalue weighted by molar-refractivity contribution is 1.24. The lowest BCUT2D eigenvalue weighted by Crippen LogP contribution is -2.68. The van der Waals surface area contributed by atoms with Gasteiger partial charge < -0.3 is 0 Å². The summed E-state index contributed by atoms with van der Waals surface area (Å²) in [5.41, 5.74) is 5.73. The maximum atomic E-state index is 2.73. The van der Waals surface area contributed by atoms with Crippen LogP contribution in [-0.4, -0.2) is 22.3 Å². The molecule has 0 bridgehead atoms. The zero-order chi connectivity index (χ0) is 15.6. The molecule has 0 radical (unpaired) electrons. The van der Waals surface area contributed by atoms with Crippen LogP contribution in [0, 0.1) is 0 Å². The average Bonchev–Trinajstić information content (AvgIpc) is 2.35. The Morgan fingerprint density at radius 1 is 0.900 bits per heavy atom. The summed E-state index contributed by atoms with van der Waals surface area (Å²) in [6.45, 7) is 20.6. The molecule has 3 heteroatoms. The van der Waals surface area contributed by atoms with Gasteiger partial charge in [-0.05, 0) is 17.6 Å². The minimum atomic E-state index is -1.29. The van der Waals surface area contributed by atoms with Gasteiger partial charge in [-0.2, -0.15) is 0 Å². The third-order valence-corrected chi connectivity index (χ3v) is 47.5. The molecule has 112 valence electrons. The fraction of sp³-hybridized carbons (Fsp3) is 0.529. The quantitative estimate of drug-likeness (QED) is 0.590. The second-order valence-corrected chi connectivity index (χ2v) is 36.8. The predicted molar refractivity (Wildman–Crippen MR) is 103 cm³/mol. The maximum Gasteiger partial charge on any atom is 0.0626 e. The Labute approximate surface area is 128 Å². The van der Waals surface area contributed by atoms with Crippen molar-refractivity contribution in [2.45, 2.75) is 59.2 Å². The Morgan fingerprint density at radius 2 is 1.40 bits per heavy atom. The molecule has 0 N–H and O–H groups in total. The Kier molecular flexibility index (Phi) is 5.44. The number of allylic oxidation sites excluding steroid dienone is 1. The molecule has 0 heterocycles. The third kappa shape index (κ3) is 3.63. The highest BCUT2D eigenvalue weighted by Gasteiger charge is 2.48. The van der Waals surface area contributed by atoms with Gasteiger partial charge in [0.15, 0.2) is 0 Å². The van der Waals surface area contributed by atoms with Crippen molar-refractivity contribution >= 4 is 27.9 Å². The van der Waals surface area contributed by atoms with E-state index < -0.39 is 22.3 Å². The molecule has 0 aliphatic carbocycles. The van der Waals surface area contributed by atoms with Gasteiger partial charge in [0.05, 0.1) is 7.59 Å². The van der Waals surface area contributed by atoms with Crippen LogP contribution in [0.3, 0.4) is 0 Å². The van der Waals surface area contributed by atoms with Crippen molar-refractivity contribution in [3.05, 3.63) is 41.6 Å². The Bertz CT molecular complexity index is 465. The van der Waals surface area contributed by atoms with Gasteiger partial charge >= 0.3 is 0 Å². The first-order valence-electron chi connectivity index (χ1n) is 7.80. The summed E-state index contributed by atoms with van der Waals surface area (Å²) < 4.78 is 0. The molecule has 0 nitrogen and oxygen atoms in total. The molecular formula is C17H32Si3. The molecule has 0 fully saturated rings. The van der Waals surface area contributed by atoms with Gasteiger partial charge in [0, 0.05) is 14.7 Å². The first kappa shape index (κ1) is 17.7. The number of rotatable bonds is 5. The van der Waals surface area contributed by atoms with Gasteiger partial charge in [0.2, 0.25) is 0 Å². The molecule has 0 aliphatic rings. The van der Waals surface area contributed by atoms with E-state index in [2.05, 4.69) is 88.8 Å². The zero-order valence-corrected chi connectivity index (χ0v) is 17.7. The van der Waals surface area contributed by atoms with Crippen molar-refractivity contribution in [2.24, 2.45) is 0 Å². The highest BCUT2D eigenvalue weighted by molar-refractivity contribution is 7.69. The van der Waals surface area contributed by atoms with Crippen LogP contribution in [0.4, 0.5) is 0 Å². The molecule has 1 aromatic rings. The average molecular weight is 321 g/mol. The van der Waals surface area contributed by atoms with E-state index in [9.17, 15) is 0 Å². The van der Waals surface area contributed by atoms with E-state index in [1.807, 2.05) is 0 Å². The summed E-state index contributed by atoms with van der Waals surface area (Å²) in [6, 6.07) is 11.0. The van der Waals surface area contributed by atoms with Crippen molar-refractivity contribution in [1.29, 1.82) is 0 Å². The first-order valence-corrected chi connectivity index (χ1v) is 19.4. The van der Waals surface area contributed by atoms with Crippen molar-refractivity contribution in [1.82, 2.24) is 0 Å². The highest BCUT2D eigenvalue weighted by atomic mass is 29.6. The Hall–Kier alpha value is -0.389. The molecule has 0 saturated carbocycles. The van der Waals surface area contributed by atoms with Crippen LogP contribution in [0.25, 0.3) is 5.57 Å². The van der Waals surface area contributed by atoms with Crippen LogP contribution in [0.1, 0.15) is 18.9 Å².